The predicted octanol–water partition coefficient (Wildman–Crippen LogP) is 1.65. The Morgan fingerprint density at radius 1 is 1.50 bits per heavy atom. The van der Waals surface area contributed by atoms with Gasteiger partial charge in [0.05, 0.1) is 5.69 Å². The van der Waals surface area contributed by atoms with Gasteiger partial charge in [-0.15, -0.1) is 0 Å². The summed E-state index contributed by atoms with van der Waals surface area (Å²) in [5, 5.41) is 12.4. The van der Waals surface area contributed by atoms with E-state index >= 15 is 0 Å². The van der Waals surface area contributed by atoms with Crippen molar-refractivity contribution < 1.29 is 9.90 Å². The van der Waals surface area contributed by atoms with E-state index in [4.69, 9.17) is 5.73 Å². The van der Waals surface area contributed by atoms with Crippen molar-refractivity contribution >= 4 is 11.6 Å². The quantitative estimate of drug-likeness (QED) is 0.524. The first-order chi connectivity index (χ1) is 7.50. The summed E-state index contributed by atoms with van der Waals surface area (Å²) in [6.45, 7) is 2.03. The van der Waals surface area contributed by atoms with Crippen LogP contribution < -0.4 is 11.1 Å². The van der Waals surface area contributed by atoms with E-state index in [0.717, 1.165) is 19.3 Å². The molecule has 1 aromatic rings. The van der Waals surface area contributed by atoms with Gasteiger partial charge in [-0.05, 0) is 44.4 Å². The second kappa shape index (κ2) is 3.70. The first kappa shape index (κ1) is 10.8. The zero-order valence-electron chi connectivity index (χ0n) is 9.29. The molecule has 2 rings (SSSR count). The summed E-state index contributed by atoms with van der Waals surface area (Å²) in [4.78, 5) is 11.9. The van der Waals surface area contributed by atoms with Crippen LogP contribution >= 0.6 is 0 Å². The number of hydrogen-bond acceptors (Lipinski definition) is 3. The van der Waals surface area contributed by atoms with Gasteiger partial charge in [0.15, 0.2) is 0 Å². The average molecular weight is 220 g/mol. The van der Waals surface area contributed by atoms with E-state index in [0.29, 0.717) is 5.56 Å². The lowest BCUT2D eigenvalue weighted by Gasteiger charge is -2.39. The number of nitrogens with one attached hydrogen (secondary N) is 1. The number of phenols is 1. The van der Waals surface area contributed by atoms with Crippen LogP contribution in [0.3, 0.4) is 0 Å². The van der Waals surface area contributed by atoms with Gasteiger partial charge in [-0.25, -0.2) is 0 Å². The van der Waals surface area contributed by atoms with Crippen molar-refractivity contribution in [1.29, 1.82) is 0 Å². The molecular weight excluding hydrogens is 204 g/mol. The molecule has 86 valence electrons. The van der Waals surface area contributed by atoms with Gasteiger partial charge in [-0.3, -0.25) is 4.79 Å². The number of benzene rings is 1. The first-order valence-electron chi connectivity index (χ1n) is 5.41. The summed E-state index contributed by atoms with van der Waals surface area (Å²) in [5.74, 6) is -0.205. The molecular formula is C12H16N2O2. The molecule has 4 N–H and O–H groups in total. The van der Waals surface area contributed by atoms with E-state index in [1.165, 1.54) is 12.1 Å². The van der Waals surface area contributed by atoms with Crippen LogP contribution in [-0.2, 0) is 0 Å². The Bertz CT molecular complexity index is 425. The Morgan fingerprint density at radius 2 is 2.19 bits per heavy atom. The molecule has 1 aliphatic carbocycles. The Hall–Kier alpha value is -1.71. The van der Waals surface area contributed by atoms with Crippen LogP contribution in [0.4, 0.5) is 5.69 Å². The van der Waals surface area contributed by atoms with Crippen molar-refractivity contribution in [3.05, 3.63) is 23.8 Å². The van der Waals surface area contributed by atoms with Crippen molar-refractivity contribution in [3.8, 4) is 5.75 Å². The monoisotopic (exact) mass is 220 g/mol. The van der Waals surface area contributed by atoms with Crippen LogP contribution in [0.15, 0.2) is 18.2 Å². The molecule has 16 heavy (non-hydrogen) atoms. The Kier molecular flexibility index (Phi) is 2.50. The second-order valence-corrected chi connectivity index (χ2v) is 4.64. The van der Waals surface area contributed by atoms with Crippen molar-refractivity contribution in [2.24, 2.45) is 0 Å². The third-order valence-electron chi connectivity index (χ3n) is 3.17. The lowest BCUT2D eigenvalue weighted by Crippen LogP contribution is -2.50. The minimum atomic E-state index is -0.155. The maximum atomic E-state index is 11.9. The number of anilines is 1. The molecule has 1 aromatic carbocycles. The maximum absolute atomic E-state index is 11.9. The molecule has 1 saturated carbocycles. The summed E-state index contributed by atoms with van der Waals surface area (Å²) in [6, 6.07) is 4.55. The van der Waals surface area contributed by atoms with Crippen LogP contribution in [0, 0.1) is 0 Å². The van der Waals surface area contributed by atoms with Crippen molar-refractivity contribution in [2.45, 2.75) is 31.7 Å². The molecule has 0 radical (unpaired) electrons. The van der Waals surface area contributed by atoms with Gasteiger partial charge in [0.1, 0.15) is 5.75 Å². The fourth-order valence-corrected chi connectivity index (χ4v) is 1.86. The summed E-state index contributed by atoms with van der Waals surface area (Å²) >= 11 is 0. The Morgan fingerprint density at radius 3 is 2.69 bits per heavy atom. The highest BCUT2D eigenvalue weighted by Gasteiger charge is 2.33. The number of aromatic hydroxyl groups is 1. The third kappa shape index (κ3) is 1.96. The van der Waals surface area contributed by atoms with E-state index in [1.54, 1.807) is 6.07 Å². The zero-order valence-corrected chi connectivity index (χ0v) is 9.29. The molecule has 0 saturated heterocycles. The topological polar surface area (TPSA) is 75.4 Å². The number of carbonyl (C=O) groups is 1. The minimum Gasteiger partial charge on any atom is -0.506 e. The fourth-order valence-electron chi connectivity index (χ4n) is 1.86. The molecule has 0 unspecified atom stereocenters. The second-order valence-electron chi connectivity index (χ2n) is 4.64. The van der Waals surface area contributed by atoms with E-state index in [2.05, 4.69) is 5.32 Å². The van der Waals surface area contributed by atoms with Crippen molar-refractivity contribution in [1.82, 2.24) is 5.32 Å². The Labute approximate surface area is 94.5 Å². The largest absolute Gasteiger partial charge is 0.506 e. The molecule has 0 aliphatic heterocycles. The van der Waals surface area contributed by atoms with Gasteiger partial charge >= 0.3 is 0 Å². The molecule has 1 fully saturated rings. The zero-order chi connectivity index (χ0) is 11.8. The smallest absolute Gasteiger partial charge is 0.251 e. The predicted molar refractivity (Wildman–Crippen MR) is 62.2 cm³/mol. The Balaban J connectivity index is 2.11. The average Bonchev–Trinajstić information content (AvgIpc) is 2.19. The van der Waals surface area contributed by atoms with Crippen LogP contribution in [-0.4, -0.2) is 16.6 Å². The number of phenolic OH excluding ortho intramolecular Hbond substituents is 1. The van der Waals surface area contributed by atoms with Crippen LogP contribution in [0.25, 0.3) is 0 Å². The molecule has 0 aromatic heterocycles. The normalized spacial score (nSPS) is 17.6. The molecule has 1 amide bonds. The molecule has 4 heteroatoms. The standard InChI is InChI=1S/C12H16N2O2/c1-12(5-2-6-12)14-11(16)8-3-4-9(13)10(15)7-8/h3-4,7,15H,2,5-6,13H2,1H3,(H,14,16). The first-order valence-corrected chi connectivity index (χ1v) is 5.41. The lowest BCUT2D eigenvalue weighted by molar-refractivity contribution is 0.0850. The summed E-state index contributed by atoms with van der Waals surface area (Å²) in [7, 11) is 0. The number of rotatable bonds is 2. The van der Waals surface area contributed by atoms with Gasteiger partial charge < -0.3 is 16.2 Å². The van der Waals surface area contributed by atoms with Gasteiger partial charge in [0, 0.05) is 11.1 Å². The van der Waals surface area contributed by atoms with Crippen molar-refractivity contribution in [3.63, 3.8) is 0 Å². The highest BCUT2D eigenvalue weighted by Crippen LogP contribution is 2.31. The van der Waals surface area contributed by atoms with E-state index in [-0.39, 0.29) is 22.9 Å². The lowest BCUT2D eigenvalue weighted by atomic mass is 9.78. The molecule has 0 heterocycles. The van der Waals surface area contributed by atoms with Crippen LogP contribution in [0.1, 0.15) is 36.5 Å². The summed E-state index contributed by atoms with van der Waals surface area (Å²) in [5.41, 5.74) is 6.12. The number of nitrogens with two attached hydrogens (primary N) is 1. The molecule has 4 nitrogen and oxygen atoms in total. The fraction of sp³-hybridized carbons (Fsp3) is 0.417. The third-order valence-corrected chi connectivity index (χ3v) is 3.17. The molecule has 1 aliphatic rings. The molecule has 0 spiro atoms. The number of nitrogen functional groups attached to an aromatic ring is 1. The van der Waals surface area contributed by atoms with E-state index < -0.39 is 0 Å². The number of carbonyl (C=O) groups excluding carboxylic acids is 1. The van der Waals surface area contributed by atoms with Crippen LogP contribution in [0.5, 0.6) is 5.75 Å². The highest BCUT2D eigenvalue weighted by molar-refractivity contribution is 5.95. The minimum absolute atomic E-state index is 0.0496. The highest BCUT2D eigenvalue weighted by atomic mass is 16.3. The number of amides is 1. The summed E-state index contributed by atoms with van der Waals surface area (Å²) in [6.07, 6.45) is 3.18. The SMILES string of the molecule is CC1(NC(=O)c2ccc(N)c(O)c2)CCC1. The number of hydrogen-bond donors (Lipinski definition) is 3. The van der Waals surface area contributed by atoms with Gasteiger partial charge in [0.25, 0.3) is 5.91 Å². The van der Waals surface area contributed by atoms with Gasteiger partial charge in [-0.1, -0.05) is 0 Å². The van der Waals surface area contributed by atoms with E-state index in [9.17, 15) is 9.90 Å². The van der Waals surface area contributed by atoms with E-state index in [1.807, 2.05) is 6.92 Å². The molecule has 0 atom stereocenters. The summed E-state index contributed by atoms with van der Waals surface area (Å²) < 4.78 is 0. The van der Waals surface area contributed by atoms with Crippen LogP contribution in [0.2, 0.25) is 0 Å². The maximum Gasteiger partial charge on any atom is 0.251 e. The molecule has 0 bridgehead atoms. The van der Waals surface area contributed by atoms with Gasteiger partial charge in [0.2, 0.25) is 0 Å². The van der Waals surface area contributed by atoms with Gasteiger partial charge in [-0.2, -0.15) is 0 Å². The van der Waals surface area contributed by atoms with Crippen molar-refractivity contribution in [2.75, 3.05) is 5.73 Å².